The molecule has 1 nitrogen and oxygen atoms in total. The third kappa shape index (κ3) is 2.33. The van der Waals surface area contributed by atoms with Gasteiger partial charge in [-0.1, -0.05) is 50.0 Å². The van der Waals surface area contributed by atoms with E-state index in [0.29, 0.717) is 33.0 Å². The van der Waals surface area contributed by atoms with Crippen molar-refractivity contribution < 1.29 is 0 Å². The van der Waals surface area contributed by atoms with Crippen LogP contribution >= 0.6 is 23.2 Å². The number of hydrogen-bond donors (Lipinski definition) is 1. The van der Waals surface area contributed by atoms with Gasteiger partial charge in [0.25, 0.3) is 0 Å². The zero-order valence-electron chi connectivity index (χ0n) is 13.3. The van der Waals surface area contributed by atoms with Crippen LogP contribution in [0.2, 0.25) is 10.0 Å². The Labute approximate surface area is 138 Å². The Hall–Kier alpha value is -0.240. The fourth-order valence-corrected chi connectivity index (χ4v) is 4.94. The Morgan fingerprint density at radius 1 is 1.19 bits per heavy atom. The summed E-state index contributed by atoms with van der Waals surface area (Å²) in [5.74, 6) is 0.862. The zero-order valence-corrected chi connectivity index (χ0v) is 14.9. The van der Waals surface area contributed by atoms with Crippen LogP contribution in [0.1, 0.15) is 58.6 Å². The molecule has 2 saturated carbocycles. The second-order valence-corrected chi connectivity index (χ2v) is 8.54. The minimum Gasteiger partial charge on any atom is -0.307 e. The lowest BCUT2D eigenvalue weighted by atomic mass is 9.69. The largest absolute Gasteiger partial charge is 0.307 e. The first-order valence-electron chi connectivity index (χ1n) is 7.97. The predicted molar refractivity (Wildman–Crippen MR) is 91.0 cm³/mol. The quantitative estimate of drug-likeness (QED) is 0.733. The van der Waals surface area contributed by atoms with Crippen molar-refractivity contribution in [1.82, 2.24) is 5.32 Å². The standard InChI is InChI=1S/C18H25Cl2N/c1-11(12-5-6-14(19)15(20)9-12)21-16-10-13-7-8-18(16,4)17(13,2)3/h5-6,9,11,13,16,21H,7-8,10H2,1-4H3. The fraction of sp³-hybridized carbons (Fsp3) is 0.667. The topological polar surface area (TPSA) is 12.0 Å². The first-order chi connectivity index (χ1) is 9.75. The second kappa shape index (κ2) is 5.15. The van der Waals surface area contributed by atoms with E-state index in [9.17, 15) is 0 Å². The maximum Gasteiger partial charge on any atom is 0.0595 e. The highest BCUT2D eigenvalue weighted by Crippen LogP contribution is 2.65. The molecule has 0 aromatic heterocycles. The van der Waals surface area contributed by atoms with Crippen LogP contribution in [0.3, 0.4) is 0 Å². The van der Waals surface area contributed by atoms with Crippen LogP contribution in [-0.4, -0.2) is 6.04 Å². The van der Waals surface area contributed by atoms with Crippen molar-refractivity contribution in [3.63, 3.8) is 0 Å². The van der Waals surface area contributed by atoms with Gasteiger partial charge in [-0.25, -0.2) is 0 Å². The molecular weight excluding hydrogens is 301 g/mol. The van der Waals surface area contributed by atoms with Crippen LogP contribution in [0, 0.1) is 16.7 Å². The van der Waals surface area contributed by atoms with E-state index in [-0.39, 0.29) is 0 Å². The average molecular weight is 326 g/mol. The van der Waals surface area contributed by atoms with Gasteiger partial charge in [-0.05, 0) is 60.6 Å². The summed E-state index contributed by atoms with van der Waals surface area (Å²) in [5, 5.41) is 5.13. The van der Waals surface area contributed by atoms with Gasteiger partial charge in [0.05, 0.1) is 10.0 Å². The van der Waals surface area contributed by atoms with E-state index in [1.807, 2.05) is 12.1 Å². The fourth-order valence-electron chi connectivity index (χ4n) is 4.64. The summed E-state index contributed by atoms with van der Waals surface area (Å²) >= 11 is 12.2. The lowest BCUT2D eigenvalue weighted by Crippen LogP contribution is -2.45. The van der Waals surface area contributed by atoms with Gasteiger partial charge in [-0.2, -0.15) is 0 Å². The van der Waals surface area contributed by atoms with Gasteiger partial charge >= 0.3 is 0 Å². The maximum atomic E-state index is 6.15. The van der Waals surface area contributed by atoms with Crippen molar-refractivity contribution in [1.29, 1.82) is 0 Å². The SMILES string of the molecule is CC(NC1CC2CCC1(C)C2(C)C)c1ccc(Cl)c(Cl)c1. The minimum absolute atomic E-state index is 0.303. The van der Waals surface area contributed by atoms with Crippen molar-refractivity contribution in [3.05, 3.63) is 33.8 Å². The molecule has 0 heterocycles. The molecule has 116 valence electrons. The van der Waals surface area contributed by atoms with Gasteiger partial charge in [0.15, 0.2) is 0 Å². The van der Waals surface area contributed by atoms with E-state index < -0.39 is 0 Å². The third-order valence-corrected chi connectivity index (χ3v) is 7.43. The monoisotopic (exact) mass is 325 g/mol. The molecule has 2 bridgehead atoms. The average Bonchev–Trinajstić information content (AvgIpc) is 2.75. The van der Waals surface area contributed by atoms with Gasteiger partial charge in [0.2, 0.25) is 0 Å². The molecule has 0 aliphatic heterocycles. The Balaban J connectivity index is 1.77. The number of halogens is 2. The second-order valence-electron chi connectivity index (χ2n) is 7.72. The Morgan fingerprint density at radius 3 is 2.43 bits per heavy atom. The maximum absolute atomic E-state index is 6.15. The first kappa shape index (κ1) is 15.6. The van der Waals surface area contributed by atoms with Crippen molar-refractivity contribution in [2.45, 2.75) is 59.0 Å². The normalized spacial score (nSPS) is 35.1. The van der Waals surface area contributed by atoms with Gasteiger partial charge in [-0.15, -0.1) is 0 Å². The van der Waals surface area contributed by atoms with Gasteiger partial charge in [-0.3, -0.25) is 0 Å². The Morgan fingerprint density at radius 2 is 1.90 bits per heavy atom. The lowest BCUT2D eigenvalue weighted by Gasteiger charge is -2.40. The summed E-state index contributed by atoms with van der Waals surface area (Å²) in [4.78, 5) is 0. The molecule has 21 heavy (non-hydrogen) atoms. The number of rotatable bonds is 3. The molecule has 3 heteroatoms. The molecule has 4 atom stereocenters. The summed E-state index contributed by atoms with van der Waals surface area (Å²) in [6, 6.07) is 6.85. The highest BCUT2D eigenvalue weighted by molar-refractivity contribution is 6.42. The van der Waals surface area contributed by atoms with Gasteiger partial charge < -0.3 is 5.32 Å². The van der Waals surface area contributed by atoms with Crippen LogP contribution in [-0.2, 0) is 0 Å². The summed E-state index contributed by atoms with van der Waals surface area (Å²) in [7, 11) is 0. The van der Waals surface area contributed by atoms with Crippen molar-refractivity contribution in [2.75, 3.05) is 0 Å². The van der Waals surface area contributed by atoms with Crippen molar-refractivity contribution in [3.8, 4) is 0 Å². The number of hydrogen-bond acceptors (Lipinski definition) is 1. The van der Waals surface area contributed by atoms with E-state index in [1.165, 1.54) is 24.8 Å². The minimum atomic E-state index is 0.303. The van der Waals surface area contributed by atoms with Crippen LogP contribution in [0.4, 0.5) is 0 Å². The lowest BCUT2D eigenvalue weighted by molar-refractivity contribution is 0.116. The van der Waals surface area contributed by atoms with E-state index >= 15 is 0 Å². The molecule has 0 amide bonds. The van der Waals surface area contributed by atoms with E-state index in [0.717, 1.165) is 5.92 Å². The van der Waals surface area contributed by atoms with Crippen molar-refractivity contribution >= 4 is 23.2 Å². The molecule has 0 spiro atoms. The van der Waals surface area contributed by atoms with E-state index in [4.69, 9.17) is 23.2 Å². The summed E-state index contributed by atoms with van der Waals surface area (Å²) in [6.45, 7) is 9.60. The molecule has 1 aromatic carbocycles. The van der Waals surface area contributed by atoms with E-state index in [2.05, 4.69) is 39.1 Å². The Bertz CT molecular complexity index is 554. The predicted octanol–water partition coefficient (Wildman–Crippen LogP) is 5.86. The first-order valence-corrected chi connectivity index (χ1v) is 8.72. The molecule has 3 rings (SSSR count). The number of nitrogens with one attached hydrogen (secondary N) is 1. The third-order valence-electron chi connectivity index (χ3n) is 6.69. The van der Waals surface area contributed by atoms with Crippen LogP contribution in [0.15, 0.2) is 18.2 Å². The van der Waals surface area contributed by atoms with Crippen LogP contribution in [0.25, 0.3) is 0 Å². The molecule has 0 saturated heterocycles. The summed E-state index contributed by atoms with van der Waals surface area (Å²) < 4.78 is 0. The number of fused-ring (bicyclic) bond motifs is 2. The molecule has 2 aliphatic carbocycles. The van der Waals surface area contributed by atoms with Crippen LogP contribution in [0.5, 0.6) is 0 Å². The van der Waals surface area contributed by atoms with Crippen LogP contribution < -0.4 is 5.32 Å². The summed E-state index contributed by atoms with van der Waals surface area (Å²) in [5.41, 5.74) is 2.07. The highest BCUT2D eigenvalue weighted by Gasteiger charge is 2.61. The molecule has 2 fully saturated rings. The molecule has 4 unspecified atom stereocenters. The molecule has 0 radical (unpaired) electrons. The van der Waals surface area contributed by atoms with E-state index in [1.54, 1.807) is 0 Å². The molecule has 1 N–H and O–H groups in total. The van der Waals surface area contributed by atoms with Crippen molar-refractivity contribution in [2.24, 2.45) is 16.7 Å². The smallest absolute Gasteiger partial charge is 0.0595 e. The molecular formula is C18H25Cl2N. The Kier molecular flexibility index (Phi) is 3.83. The highest BCUT2D eigenvalue weighted by atomic mass is 35.5. The zero-order chi connectivity index (χ0) is 15.4. The molecule has 2 aliphatic rings. The summed E-state index contributed by atoms with van der Waals surface area (Å²) in [6.07, 6.45) is 4.04. The van der Waals surface area contributed by atoms with Gasteiger partial charge in [0, 0.05) is 12.1 Å². The molecule has 1 aromatic rings. The number of benzene rings is 1. The van der Waals surface area contributed by atoms with Gasteiger partial charge in [0.1, 0.15) is 0 Å².